The van der Waals surface area contributed by atoms with Crippen LogP contribution in [0.5, 0.6) is 0 Å². The van der Waals surface area contributed by atoms with Crippen molar-refractivity contribution >= 4 is 58.1 Å². The molecule has 2 heterocycles. The summed E-state index contributed by atoms with van der Waals surface area (Å²) in [6.45, 7) is 1.85. The van der Waals surface area contributed by atoms with E-state index in [-0.39, 0.29) is 18.2 Å². The van der Waals surface area contributed by atoms with E-state index in [1.54, 1.807) is 35.0 Å². The fourth-order valence-corrected chi connectivity index (χ4v) is 3.78. The van der Waals surface area contributed by atoms with Crippen LogP contribution in [0.15, 0.2) is 42.5 Å². The molecule has 0 saturated heterocycles. The van der Waals surface area contributed by atoms with Crippen LogP contribution in [0.4, 0.5) is 11.5 Å². The molecule has 1 unspecified atom stereocenters. The van der Waals surface area contributed by atoms with Crippen LogP contribution in [-0.4, -0.2) is 21.6 Å². The van der Waals surface area contributed by atoms with E-state index in [1.807, 2.05) is 19.1 Å². The lowest BCUT2D eigenvalue weighted by Crippen LogP contribution is -2.23. The topological polar surface area (TPSA) is 76.0 Å². The number of carbonyl (C=O) groups excluding carboxylic acids is 2. The minimum Gasteiger partial charge on any atom is -0.325 e. The highest BCUT2D eigenvalue weighted by molar-refractivity contribution is 6.35. The van der Waals surface area contributed by atoms with Crippen molar-refractivity contribution in [3.8, 4) is 11.1 Å². The lowest BCUT2D eigenvalue weighted by molar-refractivity contribution is -0.123. The third-order valence-corrected chi connectivity index (χ3v) is 5.46. The summed E-state index contributed by atoms with van der Waals surface area (Å²) in [5.41, 5.74) is 2.81. The molecule has 3 aromatic rings. The highest BCUT2D eigenvalue weighted by Crippen LogP contribution is 2.38. The van der Waals surface area contributed by atoms with Gasteiger partial charge in [-0.15, -0.1) is 0 Å². The molecule has 1 atom stereocenters. The second-order valence-corrected chi connectivity index (χ2v) is 7.92. The number of benzene rings is 2. The van der Waals surface area contributed by atoms with E-state index in [0.717, 1.165) is 16.8 Å². The molecule has 0 spiro atoms. The zero-order valence-corrected chi connectivity index (χ0v) is 17.4. The molecule has 6 nitrogen and oxygen atoms in total. The van der Waals surface area contributed by atoms with Gasteiger partial charge in [0.25, 0.3) is 5.91 Å². The van der Waals surface area contributed by atoms with E-state index in [2.05, 4.69) is 15.7 Å². The molecule has 0 radical (unpaired) electrons. The van der Waals surface area contributed by atoms with Gasteiger partial charge in [-0.25, -0.2) is 4.68 Å². The van der Waals surface area contributed by atoms with Gasteiger partial charge in [-0.05, 0) is 42.8 Å². The van der Waals surface area contributed by atoms with E-state index >= 15 is 0 Å². The van der Waals surface area contributed by atoms with E-state index in [1.165, 1.54) is 0 Å². The Balaban J connectivity index is 1.59. The Kier molecular flexibility index (Phi) is 5.25. The summed E-state index contributed by atoms with van der Waals surface area (Å²) in [5, 5.41) is 11.5. The number of fused-ring (bicyclic) bond motifs is 1. The van der Waals surface area contributed by atoms with E-state index in [9.17, 15) is 9.59 Å². The average molecular weight is 450 g/mol. The molecular formula is C20H15Cl3N4O2. The lowest BCUT2D eigenvalue weighted by atomic mass is 10.1. The summed E-state index contributed by atoms with van der Waals surface area (Å²) in [4.78, 5) is 25.1. The molecule has 0 bridgehead atoms. The lowest BCUT2D eigenvalue weighted by Gasteiger charge is -2.11. The SMILES string of the molecule is Cc1nn2c(c1-c1ccc(Cl)cc1)NC(=O)C2CC(=O)Nc1cc(Cl)ccc1Cl. The summed E-state index contributed by atoms with van der Waals surface area (Å²) >= 11 is 18.0. The quantitative estimate of drug-likeness (QED) is 0.564. The normalized spacial score (nSPS) is 15.2. The molecule has 2 N–H and O–H groups in total. The average Bonchev–Trinajstić information content (AvgIpc) is 3.13. The van der Waals surface area contributed by atoms with Crippen molar-refractivity contribution in [2.45, 2.75) is 19.4 Å². The maximum atomic E-state index is 12.5. The number of hydrogen-bond acceptors (Lipinski definition) is 3. The molecule has 2 amide bonds. The highest BCUT2D eigenvalue weighted by atomic mass is 35.5. The number of hydrogen-bond donors (Lipinski definition) is 2. The predicted molar refractivity (Wildman–Crippen MR) is 115 cm³/mol. The van der Waals surface area contributed by atoms with Crippen LogP contribution < -0.4 is 10.6 Å². The number of amides is 2. The summed E-state index contributed by atoms with van der Waals surface area (Å²) < 4.78 is 1.56. The first-order valence-corrected chi connectivity index (χ1v) is 9.87. The Morgan fingerprint density at radius 1 is 1.14 bits per heavy atom. The van der Waals surface area contributed by atoms with Crippen LogP contribution in [0.25, 0.3) is 11.1 Å². The Labute approximate surface area is 181 Å². The zero-order valence-electron chi connectivity index (χ0n) is 15.2. The zero-order chi connectivity index (χ0) is 20.7. The smallest absolute Gasteiger partial charge is 0.251 e. The summed E-state index contributed by atoms with van der Waals surface area (Å²) in [6, 6.07) is 11.3. The van der Waals surface area contributed by atoms with Gasteiger partial charge in [0.1, 0.15) is 11.9 Å². The number of halogens is 3. The second kappa shape index (κ2) is 7.71. The number of nitrogens with one attached hydrogen (secondary N) is 2. The van der Waals surface area contributed by atoms with Crippen molar-refractivity contribution in [3.05, 3.63) is 63.2 Å². The minimum absolute atomic E-state index is 0.0944. The van der Waals surface area contributed by atoms with Gasteiger partial charge < -0.3 is 10.6 Å². The Morgan fingerprint density at radius 2 is 1.83 bits per heavy atom. The van der Waals surface area contributed by atoms with Gasteiger partial charge in [-0.3, -0.25) is 9.59 Å². The van der Waals surface area contributed by atoms with Gasteiger partial charge in [-0.2, -0.15) is 5.10 Å². The van der Waals surface area contributed by atoms with Crippen LogP contribution in [0.3, 0.4) is 0 Å². The van der Waals surface area contributed by atoms with E-state index < -0.39 is 6.04 Å². The maximum absolute atomic E-state index is 12.5. The fourth-order valence-electron chi connectivity index (χ4n) is 3.32. The molecule has 2 aromatic carbocycles. The first-order valence-electron chi connectivity index (χ1n) is 8.74. The largest absolute Gasteiger partial charge is 0.325 e. The van der Waals surface area contributed by atoms with Crippen molar-refractivity contribution in [2.75, 3.05) is 10.6 Å². The monoisotopic (exact) mass is 448 g/mol. The standard InChI is InChI=1S/C20H15Cl3N4O2/c1-10-18(11-2-4-12(21)5-3-11)19-25-20(29)16(27(19)26-10)9-17(28)24-15-8-13(22)6-7-14(15)23/h2-8,16H,9H2,1H3,(H,24,28)(H,25,29). The van der Waals surface area contributed by atoms with E-state index in [0.29, 0.717) is 26.6 Å². The molecule has 0 fully saturated rings. The molecule has 4 rings (SSSR count). The number of aromatic nitrogens is 2. The summed E-state index contributed by atoms with van der Waals surface area (Å²) in [7, 11) is 0. The van der Waals surface area contributed by atoms with Gasteiger partial charge in [-0.1, -0.05) is 46.9 Å². The second-order valence-electron chi connectivity index (χ2n) is 6.64. The van der Waals surface area contributed by atoms with Crippen molar-refractivity contribution in [1.29, 1.82) is 0 Å². The highest BCUT2D eigenvalue weighted by Gasteiger charge is 2.36. The first-order chi connectivity index (χ1) is 13.8. The number of anilines is 2. The molecule has 0 saturated carbocycles. The van der Waals surface area contributed by atoms with Crippen LogP contribution in [0, 0.1) is 6.92 Å². The van der Waals surface area contributed by atoms with Gasteiger partial charge in [0, 0.05) is 15.6 Å². The van der Waals surface area contributed by atoms with Gasteiger partial charge in [0.05, 0.1) is 22.8 Å². The summed E-state index contributed by atoms with van der Waals surface area (Å²) in [5.74, 6) is -0.105. The molecule has 1 aliphatic rings. The molecule has 1 aromatic heterocycles. The van der Waals surface area contributed by atoms with Crippen LogP contribution in [0.2, 0.25) is 15.1 Å². The molecule has 1 aliphatic heterocycles. The molecule has 0 aliphatic carbocycles. The third kappa shape index (κ3) is 3.83. The Morgan fingerprint density at radius 3 is 2.55 bits per heavy atom. The summed E-state index contributed by atoms with van der Waals surface area (Å²) in [6.07, 6.45) is -0.0944. The molecule has 9 heteroatoms. The van der Waals surface area contributed by atoms with Crippen molar-refractivity contribution in [1.82, 2.24) is 9.78 Å². The van der Waals surface area contributed by atoms with E-state index in [4.69, 9.17) is 34.8 Å². The predicted octanol–water partition coefficient (Wildman–Crippen LogP) is 5.34. The number of carbonyl (C=O) groups is 2. The Bertz CT molecular complexity index is 1130. The number of aryl methyl sites for hydroxylation is 1. The molecule has 148 valence electrons. The van der Waals surface area contributed by atoms with Crippen LogP contribution >= 0.6 is 34.8 Å². The maximum Gasteiger partial charge on any atom is 0.251 e. The van der Waals surface area contributed by atoms with Crippen LogP contribution in [0.1, 0.15) is 18.2 Å². The first kappa shape index (κ1) is 19.8. The third-order valence-electron chi connectivity index (χ3n) is 4.64. The van der Waals surface area contributed by atoms with Gasteiger partial charge in [0.15, 0.2) is 0 Å². The minimum atomic E-state index is -0.761. The van der Waals surface area contributed by atoms with Crippen molar-refractivity contribution < 1.29 is 9.59 Å². The van der Waals surface area contributed by atoms with Gasteiger partial charge in [0.2, 0.25) is 5.91 Å². The number of nitrogens with zero attached hydrogens (tertiary/aromatic N) is 2. The van der Waals surface area contributed by atoms with Crippen molar-refractivity contribution in [2.24, 2.45) is 0 Å². The molecular weight excluding hydrogens is 435 g/mol. The Hall–Kier alpha value is -2.54. The van der Waals surface area contributed by atoms with Gasteiger partial charge >= 0.3 is 0 Å². The molecule has 29 heavy (non-hydrogen) atoms. The number of rotatable bonds is 4. The van der Waals surface area contributed by atoms with Crippen molar-refractivity contribution in [3.63, 3.8) is 0 Å². The fraction of sp³-hybridized carbons (Fsp3) is 0.150. The van der Waals surface area contributed by atoms with Crippen LogP contribution in [-0.2, 0) is 9.59 Å².